The van der Waals surface area contributed by atoms with Crippen molar-refractivity contribution in [2.75, 3.05) is 0 Å². The highest BCUT2D eigenvalue weighted by molar-refractivity contribution is 7.00. The van der Waals surface area contributed by atoms with Crippen molar-refractivity contribution in [1.82, 2.24) is 18.5 Å². The van der Waals surface area contributed by atoms with Gasteiger partial charge >= 0.3 is 0 Å². The summed E-state index contributed by atoms with van der Waals surface area (Å²) in [6.07, 6.45) is 0. The third-order valence-electron chi connectivity index (χ3n) is 3.46. The van der Waals surface area contributed by atoms with Crippen LogP contribution >= 0.6 is 11.7 Å². The Hall–Kier alpha value is -3.06. The zero-order chi connectivity index (χ0) is 16.4. The lowest BCUT2D eigenvalue weighted by Crippen LogP contribution is -2.22. The highest BCUT2D eigenvalue weighted by atomic mass is 32.1. The van der Waals surface area contributed by atoms with Gasteiger partial charge in [0.1, 0.15) is 16.8 Å². The highest BCUT2D eigenvalue weighted by Crippen LogP contribution is 2.18. The van der Waals surface area contributed by atoms with Crippen LogP contribution in [0.2, 0.25) is 0 Å². The summed E-state index contributed by atoms with van der Waals surface area (Å²) in [5, 5.41) is 4.28. The van der Waals surface area contributed by atoms with E-state index in [9.17, 15) is 4.79 Å². The number of para-hydroxylation sites is 1. The molecule has 0 fully saturated rings. The lowest BCUT2D eigenvalue weighted by molar-refractivity contribution is 0.435. The van der Waals surface area contributed by atoms with E-state index in [1.807, 2.05) is 48.5 Å². The Morgan fingerprint density at radius 1 is 0.958 bits per heavy atom. The minimum atomic E-state index is -0.188. The third kappa shape index (κ3) is 3.02. The minimum Gasteiger partial charge on any atom is -0.438 e. The molecular weight excluding hydrogens is 324 g/mol. The van der Waals surface area contributed by atoms with Crippen LogP contribution in [0.4, 0.5) is 0 Å². The first-order valence-corrected chi connectivity index (χ1v) is 8.03. The number of ether oxygens (including phenoxy) is 1. The fraction of sp³-hybridized carbons (Fsp3) is 0.0588. The van der Waals surface area contributed by atoms with Crippen molar-refractivity contribution in [3.63, 3.8) is 0 Å². The highest BCUT2D eigenvalue weighted by Gasteiger charge is 2.06. The quantitative estimate of drug-likeness (QED) is 0.573. The summed E-state index contributed by atoms with van der Waals surface area (Å²) in [6, 6.07) is 18.1. The van der Waals surface area contributed by atoms with Gasteiger partial charge in [-0.25, -0.2) is 4.68 Å². The molecule has 0 aliphatic heterocycles. The van der Waals surface area contributed by atoms with Crippen LogP contribution in [0.5, 0.6) is 11.6 Å². The van der Waals surface area contributed by atoms with Crippen LogP contribution in [-0.4, -0.2) is 18.5 Å². The Balaban J connectivity index is 1.62. The zero-order valence-corrected chi connectivity index (χ0v) is 13.3. The summed E-state index contributed by atoms with van der Waals surface area (Å²) in [7, 11) is 0. The summed E-state index contributed by atoms with van der Waals surface area (Å²) in [4.78, 5) is 12.1. The lowest BCUT2D eigenvalue weighted by Gasteiger charge is -2.08. The summed E-state index contributed by atoms with van der Waals surface area (Å²) in [5.74, 6) is 1.04. The van der Waals surface area contributed by atoms with E-state index in [0.29, 0.717) is 18.2 Å². The smallest absolute Gasteiger partial charge is 0.267 e. The van der Waals surface area contributed by atoms with E-state index >= 15 is 0 Å². The maximum absolute atomic E-state index is 12.1. The van der Waals surface area contributed by atoms with E-state index in [2.05, 4.69) is 13.8 Å². The summed E-state index contributed by atoms with van der Waals surface area (Å²) < 4.78 is 15.4. The number of hydrogen-bond donors (Lipinski definition) is 0. The molecule has 0 radical (unpaired) electrons. The standard InChI is InChI=1S/C17H12N4O2S/c22-17-9-8-16(23-13-4-2-1-3-5-13)18-21(17)11-12-6-7-14-15(10-12)20-24-19-14/h1-10H,11H2. The summed E-state index contributed by atoms with van der Waals surface area (Å²) in [5.41, 5.74) is 2.42. The number of hydrogen-bond acceptors (Lipinski definition) is 6. The molecule has 0 aliphatic carbocycles. The lowest BCUT2D eigenvalue weighted by atomic mass is 10.2. The topological polar surface area (TPSA) is 69.9 Å². The van der Waals surface area contributed by atoms with Crippen molar-refractivity contribution in [2.24, 2.45) is 0 Å². The first-order chi connectivity index (χ1) is 11.8. The first kappa shape index (κ1) is 14.5. The molecule has 0 amide bonds. The maximum atomic E-state index is 12.1. The van der Waals surface area contributed by atoms with Crippen LogP contribution in [-0.2, 0) is 6.54 Å². The molecule has 0 saturated carbocycles. The number of benzene rings is 2. The molecular formula is C17H12N4O2S. The molecule has 6 nitrogen and oxygen atoms in total. The Labute approximate surface area is 141 Å². The number of aromatic nitrogens is 4. The third-order valence-corrected chi connectivity index (χ3v) is 4.01. The number of nitrogens with zero attached hydrogens (tertiary/aromatic N) is 4. The van der Waals surface area contributed by atoms with Crippen molar-refractivity contribution < 1.29 is 4.74 Å². The van der Waals surface area contributed by atoms with Gasteiger partial charge in [-0.15, -0.1) is 5.10 Å². The monoisotopic (exact) mass is 336 g/mol. The molecule has 118 valence electrons. The molecule has 0 aliphatic rings. The van der Waals surface area contributed by atoms with Crippen LogP contribution in [0, 0.1) is 0 Å². The second-order valence-corrected chi connectivity index (χ2v) is 5.70. The number of rotatable bonds is 4. The average molecular weight is 336 g/mol. The van der Waals surface area contributed by atoms with E-state index in [-0.39, 0.29) is 5.56 Å². The zero-order valence-electron chi connectivity index (χ0n) is 12.5. The van der Waals surface area contributed by atoms with Gasteiger partial charge in [-0.2, -0.15) is 8.75 Å². The van der Waals surface area contributed by atoms with E-state index in [0.717, 1.165) is 16.6 Å². The number of fused-ring (bicyclic) bond motifs is 1. The van der Waals surface area contributed by atoms with Gasteiger partial charge in [0, 0.05) is 12.1 Å². The molecule has 4 rings (SSSR count). The second kappa shape index (κ2) is 6.21. The van der Waals surface area contributed by atoms with Gasteiger partial charge in [0.2, 0.25) is 5.88 Å². The average Bonchev–Trinajstić information content (AvgIpc) is 3.06. The van der Waals surface area contributed by atoms with Gasteiger partial charge in [-0.1, -0.05) is 24.3 Å². The van der Waals surface area contributed by atoms with Gasteiger partial charge in [-0.3, -0.25) is 4.79 Å². The van der Waals surface area contributed by atoms with Crippen molar-refractivity contribution in [1.29, 1.82) is 0 Å². The maximum Gasteiger partial charge on any atom is 0.267 e. The van der Waals surface area contributed by atoms with Crippen molar-refractivity contribution >= 4 is 22.8 Å². The van der Waals surface area contributed by atoms with E-state index in [1.165, 1.54) is 22.5 Å². The predicted molar refractivity (Wildman–Crippen MR) is 91.5 cm³/mol. The van der Waals surface area contributed by atoms with Crippen LogP contribution in [0.1, 0.15) is 5.56 Å². The van der Waals surface area contributed by atoms with Gasteiger partial charge in [0.05, 0.1) is 18.3 Å². The molecule has 0 N–H and O–H groups in total. The van der Waals surface area contributed by atoms with Crippen LogP contribution in [0.15, 0.2) is 65.5 Å². The largest absolute Gasteiger partial charge is 0.438 e. The SMILES string of the molecule is O=c1ccc(Oc2ccccc2)nn1Cc1ccc2nsnc2c1. The molecule has 24 heavy (non-hydrogen) atoms. The fourth-order valence-corrected chi connectivity index (χ4v) is 2.82. The Kier molecular flexibility index (Phi) is 3.76. The first-order valence-electron chi connectivity index (χ1n) is 7.30. The Morgan fingerprint density at radius 3 is 2.67 bits per heavy atom. The van der Waals surface area contributed by atoms with Crippen molar-refractivity contribution in [3.05, 3.63) is 76.6 Å². The summed E-state index contributed by atoms with van der Waals surface area (Å²) in [6.45, 7) is 0.346. The molecule has 0 spiro atoms. The molecule has 0 unspecified atom stereocenters. The van der Waals surface area contributed by atoms with Gasteiger partial charge in [0.25, 0.3) is 5.56 Å². The summed E-state index contributed by atoms with van der Waals surface area (Å²) >= 11 is 1.17. The molecule has 7 heteroatoms. The van der Waals surface area contributed by atoms with Crippen LogP contribution in [0.25, 0.3) is 11.0 Å². The van der Waals surface area contributed by atoms with Crippen molar-refractivity contribution in [2.45, 2.75) is 6.54 Å². The predicted octanol–water partition coefficient (Wildman–Crippen LogP) is 3.09. The van der Waals surface area contributed by atoms with Gasteiger partial charge in [-0.05, 0) is 29.8 Å². The van der Waals surface area contributed by atoms with E-state index in [1.54, 1.807) is 6.07 Å². The van der Waals surface area contributed by atoms with E-state index in [4.69, 9.17) is 4.74 Å². The van der Waals surface area contributed by atoms with Gasteiger partial charge < -0.3 is 4.74 Å². The van der Waals surface area contributed by atoms with Crippen LogP contribution in [0.3, 0.4) is 0 Å². The second-order valence-electron chi connectivity index (χ2n) is 5.17. The molecule has 0 bridgehead atoms. The van der Waals surface area contributed by atoms with E-state index < -0.39 is 0 Å². The molecule has 4 aromatic rings. The van der Waals surface area contributed by atoms with Gasteiger partial charge in [0.15, 0.2) is 0 Å². The van der Waals surface area contributed by atoms with Crippen LogP contribution < -0.4 is 10.3 Å². The molecule has 2 aromatic carbocycles. The van der Waals surface area contributed by atoms with Crippen molar-refractivity contribution in [3.8, 4) is 11.6 Å². The minimum absolute atomic E-state index is 0.188. The molecule has 2 heterocycles. The Bertz CT molecular complexity index is 1040. The molecule has 2 aromatic heterocycles. The molecule has 0 saturated heterocycles. The normalized spacial score (nSPS) is 10.8. The fourth-order valence-electron chi connectivity index (χ4n) is 2.31. The molecule has 0 atom stereocenters. The Morgan fingerprint density at radius 2 is 1.79 bits per heavy atom.